The number of nitrogens with two attached hydrogens (primary N) is 1. The van der Waals surface area contributed by atoms with Crippen molar-refractivity contribution in [3.8, 4) is 16.9 Å². The lowest BCUT2D eigenvalue weighted by atomic mass is 10.0. The largest absolute Gasteiger partial charge is 0.479 e. The van der Waals surface area contributed by atoms with Crippen LogP contribution in [0.2, 0.25) is 0 Å². The molecule has 1 fully saturated rings. The molecule has 0 bridgehead atoms. The summed E-state index contributed by atoms with van der Waals surface area (Å²) in [7, 11) is 0. The number of nitrogens with one attached hydrogen (secondary N) is 1. The molecule has 34 heavy (non-hydrogen) atoms. The summed E-state index contributed by atoms with van der Waals surface area (Å²) in [6.07, 6.45) is 9.40. The summed E-state index contributed by atoms with van der Waals surface area (Å²) in [5.41, 5.74) is 9.83. The van der Waals surface area contributed by atoms with Gasteiger partial charge in [0.05, 0.1) is 17.6 Å². The summed E-state index contributed by atoms with van der Waals surface area (Å²) in [6.45, 7) is 4.05. The predicted molar refractivity (Wildman–Crippen MR) is 134 cm³/mol. The van der Waals surface area contributed by atoms with Crippen LogP contribution in [0.3, 0.4) is 0 Å². The number of anilines is 1. The van der Waals surface area contributed by atoms with Gasteiger partial charge in [0.25, 0.3) is 0 Å². The van der Waals surface area contributed by atoms with Gasteiger partial charge in [0.1, 0.15) is 12.4 Å². The lowest BCUT2D eigenvalue weighted by Crippen LogP contribution is -2.29. The molecule has 4 heterocycles. The summed E-state index contributed by atoms with van der Waals surface area (Å²) in [5, 5.41) is 11.3. The van der Waals surface area contributed by atoms with E-state index in [1.807, 2.05) is 25.3 Å². The Morgan fingerprint density at radius 3 is 2.79 bits per heavy atom. The minimum absolute atomic E-state index is 0.226. The maximum Gasteiger partial charge on any atom is 0.205 e. The second-order valence-electron chi connectivity index (χ2n) is 8.92. The Morgan fingerprint density at radius 1 is 1.12 bits per heavy atom. The maximum absolute atomic E-state index is 6.33. The van der Waals surface area contributed by atoms with Crippen molar-refractivity contribution in [2.24, 2.45) is 0 Å². The zero-order valence-corrected chi connectivity index (χ0v) is 19.1. The Labute approximate surface area is 197 Å². The van der Waals surface area contributed by atoms with Crippen molar-refractivity contribution in [2.75, 3.05) is 18.8 Å². The Kier molecular flexibility index (Phi) is 5.19. The summed E-state index contributed by atoms with van der Waals surface area (Å²) < 4.78 is 14.4. The van der Waals surface area contributed by atoms with Crippen molar-refractivity contribution in [1.29, 1.82) is 0 Å². The predicted octanol–water partition coefficient (Wildman–Crippen LogP) is 5.49. The molecule has 1 aliphatic heterocycles. The first-order valence-corrected chi connectivity index (χ1v) is 11.7. The van der Waals surface area contributed by atoms with E-state index in [0.29, 0.717) is 23.2 Å². The number of fused-ring (bicyclic) bond motifs is 2. The molecule has 2 aromatic carbocycles. The van der Waals surface area contributed by atoms with E-state index in [1.54, 1.807) is 12.5 Å². The van der Waals surface area contributed by atoms with E-state index in [1.165, 1.54) is 10.8 Å². The summed E-state index contributed by atoms with van der Waals surface area (Å²) in [5.74, 6) is 0.779. The molecule has 0 amide bonds. The number of hydrogen-bond donors (Lipinski definition) is 2. The number of pyridine rings is 1. The van der Waals surface area contributed by atoms with Crippen LogP contribution in [0.25, 0.3) is 32.9 Å². The molecule has 5 aromatic rings. The SMILES string of the molecule is CC(Oc1c(N)ncc2c(-c3cnn(C4CCNCC4)c3)coc12)c1ccc2ccccc2c1. The zero-order chi connectivity index (χ0) is 23.1. The number of nitrogen functional groups attached to an aromatic ring is 1. The molecule has 172 valence electrons. The van der Waals surface area contributed by atoms with Gasteiger partial charge in [-0.15, -0.1) is 0 Å². The zero-order valence-electron chi connectivity index (χ0n) is 19.1. The van der Waals surface area contributed by atoms with Gasteiger partial charge in [-0.25, -0.2) is 4.98 Å². The average molecular weight is 454 g/mol. The Morgan fingerprint density at radius 2 is 1.94 bits per heavy atom. The normalized spacial score (nSPS) is 15.7. The fourth-order valence-corrected chi connectivity index (χ4v) is 4.77. The molecule has 1 unspecified atom stereocenters. The monoisotopic (exact) mass is 453 g/mol. The van der Waals surface area contributed by atoms with Gasteiger partial charge in [0.15, 0.2) is 11.4 Å². The van der Waals surface area contributed by atoms with Crippen LogP contribution < -0.4 is 15.8 Å². The first-order chi connectivity index (χ1) is 16.7. The number of benzene rings is 2. The number of furan rings is 1. The lowest BCUT2D eigenvalue weighted by molar-refractivity contribution is 0.228. The van der Waals surface area contributed by atoms with Crippen LogP contribution in [0.15, 0.2) is 71.7 Å². The number of nitrogens with zero attached hydrogens (tertiary/aromatic N) is 3. The van der Waals surface area contributed by atoms with E-state index in [0.717, 1.165) is 48.0 Å². The van der Waals surface area contributed by atoms with Gasteiger partial charge in [0.2, 0.25) is 5.75 Å². The molecule has 0 saturated carbocycles. The van der Waals surface area contributed by atoms with Gasteiger partial charge in [-0.05, 0) is 55.3 Å². The third-order valence-electron chi connectivity index (χ3n) is 6.73. The summed E-state index contributed by atoms with van der Waals surface area (Å²) in [6, 6.07) is 15.0. The molecule has 1 aliphatic rings. The van der Waals surface area contributed by atoms with Crippen molar-refractivity contribution in [1.82, 2.24) is 20.1 Å². The second-order valence-corrected chi connectivity index (χ2v) is 8.92. The van der Waals surface area contributed by atoms with Gasteiger partial charge < -0.3 is 20.2 Å². The van der Waals surface area contributed by atoms with Crippen LogP contribution >= 0.6 is 0 Å². The number of hydrogen-bond acceptors (Lipinski definition) is 6. The highest BCUT2D eigenvalue weighted by atomic mass is 16.5. The highest BCUT2D eigenvalue weighted by Gasteiger charge is 2.21. The fourth-order valence-electron chi connectivity index (χ4n) is 4.77. The quantitative estimate of drug-likeness (QED) is 0.366. The van der Waals surface area contributed by atoms with Crippen molar-refractivity contribution in [3.63, 3.8) is 0 Å². The Balaban J connectivity index is 1.32. The van der Waals surface area contributed by atoms with E-state index in [9.17, 15) is 0 Å². The Hall–Kier alpha value is -3.84. The van der Waals surface area contributed by atoms with Crippen molar-refractivity contribution in [2.45, 2.75) is 31.9 Å². The van der Waals surface area contributed by atoms with Crippen LogP contribution in [-0.4, -0.2) is 27.9 Å². The van der Waals surface area contributed by atoms with Crippen molar-refractivity contribution >= 4 is 27.6 Å². The standard InChI is InChI=1S/C27H27N5O2/c1-17(19-7-6-18-4-2-3-5-20(18)12-19)34-26-25-23(14-30-27(26)28)24(16-33-25)21-13-31-32(15-21)22-8-10-29-11-9-22/h2-7,12-17,22,29H,8-11H2,1H3,(H2,28,30). The second kappa shape index (κ2) is 8.50. The Bertz CT molecular complexity index is 1460. The van der Waals surface area contributed by atoms with E-state index in [2.05, 4.69) is 56.6 Å². The van der Waals surface area contributed by atoms with E-state index in [4.69, 9.17) is 14.9 Å². The van der Waals surface area contributed by atoms with Crippen molar-refractivity contribution in [3.05, 3.63) is 72.9 Å². The van der Waals surface area contributed by atoms with Crippen LogP contribution in [0.4, 0.5) is 5.82 Å². The number of rotatable bonds is 5. The number of ether oxygens (including phenoxy) is 1. The highest BCUT2D eigenvalue weighted by Crippen LogP contribution is 2.39. The molecular formula is C27H27N5O2. The molecule has 3 N–H and O–H groups in total. The van der Waals surface area contributed by atoms with E-state index >= 15 is 0 Å². The topological polar surface area (TPSA) is 91.1 Å². The van der Waals surface area contributed by atoms with Crippen LogP contribution in [0.5, 0.6) is 5.75 Å². The fraction of sp³-hybridized carbons (Fsp3) is 0.259. The molecule has 7 heteroatoms. The maximum atomic E-state index is 6.33. The molecule has 7 nitrogen and oxygen atoms in total. The summed E-state index contributed by atoms with van der Waals surface area (Å²) >= 11 is 0. The molecule has 0 aliphatic carbocycles. The van der Waals surface area contributed by atoms with E-state index in [-0.39, 0.29) is 6.10 Å². The molecule has 0 spiro atoms. The third-order valence-corrected chi connectivity index (χ3v) is 6.73. The van der Waals surface area contributed by atoms with Gasteiger partial charge >= 0.3 is 0 Å². The molecule has 1 saturated heterocycles. The lowest BCUT2D eigenvalue weighted by Gasteiger charge is -2.22. The molecular weight excluding hydrogens is 426 g/mol. The van der Waals surface area contributed by atoms with Crippen LogP contribution in [0.1, 0.15) is 37.5 Å². The van der Waals surface area contributed by atoms with Gasteiger partial charge in [-0.1, -0.05) is 36.4 Å². The molecule has 3 aromatic heterocycles. The highest BCUT2D eigenvalue weighted by molar-refractivity contribution is 5.98. The van der Waals surface area contributed by atoms with Crippen molar-refractivity contribution < 1.29 is 9.15 Å². The average Bonchev–Trinajstić information content (AvgIpc) is 3.53. The number of aromatic nitrogens is 3. The van der Waals surface area contributed by atoms with Crippen LogP contribution in [0, 0.1) is 0 Å². The summed E-state index contributed by atoms with van der Waals surface area (Å²) in [4.78, 5) is 4.42. The smallest absolute Gasteiger partial charge is 0.205 e. The molecule has 6 rings (SSSR count). The molecule has 1 atom stereocenters. The molecule has 0 radical (unpaired) electrons. The third kappa shape index (κ3) is 3.68. The van der Waals surface area contributed by atoms with Gasteiger partial charge in [0, 0.05) is 23.5 Å². The minimum Gasteiger partial charge on any atom is -0.479 e. The first-order valence-electron chi connectivity index (χ1n) is 11.7. The van der Waals surface area contributed by atoms with E-state index < -0.39 is 0 Å². The van der Waals surface area contributed by atoms with Gasteiger partial charge in [-0.2, -0.15) is 5.10 Å². The van der Waals surface area contributed by atoms with Gasteiger partial charge in [-0.3, -0.25) is 4.68 Å². The number of piperidine rings is 1. The first kappa shape index (κ1) is 20.7. The van der Waals surface area contributed by atoms with Crippen LogP contribution in [-0.2, 0) is 0 Å². The minimum atomic E-state index is -0.226.